The summed E-state index contributed by atoms with van der Waals surface area (Å²) in [5.74, 6) is 0.0272. The Labute approximate surface area is 134 Å². The summed E-state index contributed by atoms with van der Waals surface area (Å²) in [5.41, 5.74) is 2.86. The van der Waals surface area contributed by atoms with Gasteiger partial charge in [-0.1, -0.05) is 11.6 Å². The summed E-state index contributed by atoms with van der Waals surface area (Å²) >= 11 is 6.24. The average Bonchev–Trinajstić information content (AvgIpc) is 3.04. The molecule has 0 saturated carbocycles. The van der Waals surface area contributed by atoms with Gasteiger partial charge < -0.3 is 0 Å². The van der Waals surface area contributed by atoms with Crippen molar-refractivity contribution in [3.8, 4) is 11.1 Å². The maximum absolute atomic E-state index is 13.0. The molecule has 0 amide bonds. The molecule has 0 N–H and O–H groups in total. The van der Waals surface area contributed by atoms with Gasteiger partial charge in [0.05, 0.1) is 0 Å². The summed E-state index contributed by atoms with van der Waals surface area (Å²) in [6.07, 6.45) is 7.14. The molecule has 0 aromatic carbocycles. The van der Waals surface area contributed by atoms with Crippen molar-refractivity contribution >= 4 is 11.6 Å². The SMILES string of the molecule is CN1[C@@H]2CC[C@@H]1[C@@H](c1cnc(Cl)c(-c3ccc(F)nc3)c1)C2. The second-order valence-electron chi connectivity index (χ2n) is 6.28. The zero-order valence-electron chi connectivity index (χ0n) is 12.3. The predicted octanol–water partition coefficient (Wildman–Crippen LogP) is 3.89. The van der Waals surface area contributed by atoms with Gasteiger partial charge in [0, 0.05) is 41.5 Å². The van der Waals surface area contributed by atoms with Crippen molar-refractivity contribution in [2.45, 2.75) is 37.3 Å². The van der Waals surface area contributed by atoms with Crippen LogP contribution >= 0.6 is 11.6 Å². The molecule has 22 heavy (non-hydrogen) atoms. The second kappa shape index (κ2) is 5.28. The molecule has 2 aromatic rings. The number of halogens is 2. The van der Waals surface area contributed by atoms with Crippen molar-refractivity contribution in [3.05, 3.63) is 47.3 Å². The molecule has 2 aromatic heterocycles. The third kappa shape index (κ3) is 2.22. The number of fused-ring (bicyclic) bond motifs is 2. The molecule has 2 bridgehead atoms. The molecule has 2 saturated heterocycles. The number of pyridine rings is 2. The summed E-state index contributed by atoms with van der Waals surface area (Å²) in [4.78, 5) is 10.6. The van der Waals surface area contributed by atoms with E-state index in [9.17, 15) is 4.39 Å². The van der Waals surface area contributed by atoms with Gasteiger partial charge >= 0.3 is 0 Å². The summed E-state index contributed by atoms with van der Waals surface area (Å²) in [7, 11) is 2.22. The molecule has 2 aliphatic heterocycles. The van der Waals surface area contributed by atoms with Gasteiger partial charge in [-0.25, -0.2) is 9.97 Å². The zero-order valence-corrected chi connectivity index (χ0v) is 13.1. The largest absolute Gasteiger partial charge is 0.300 e. The fourth-order valence-corrected chi connectivity index (χ4v) is 4.24. The van der Waals surface area contributed by atoms with E-state index in [0.29, 0.717) is 23.2 Å². The summed E-state index contributed by atoms with van der Waals surface area (Å²) in [6.45, 7) is 0. The van der Waals surface area contributed by atoms with Gasteiger partial charge in [-0.15, -0.1) is 0 Å². The van der Waals surface area contributed by atoms with E-state index in [-0.39, 0.29) is 0 Å². The minimum atomic E-state index is -0.487. The highest BCUT2D eigenvalue weighted by Gasteiger charge is 2.44. The van der Waals surface area contributed by atoms with E-state index < -0.39 is 5.95 Å². The molecule has 0 unspecified atom stereocenters. The molecule has 4 rings (SSSR count). The highest BCUT2D eigenvalue weighted by atomic mass is 35.5. The molecule has 3 nitrogen and oxygen atoms in total. The average molecular weight is 318 g/mol. The zero-order chi connectivity index (χ0) is 15.3. The van der Waals surface area contributed by atoms with Crippen LogP contribution in [0, 0.1) is 5.95 Å². The monoisotopic (exact) mass is 317 g/mol. The second-order valence-corrected chi connectivity index (χ2v) is 6.64. The van der Waals surface area contributed by atoms with Crippen LogP contribution < -0.4 is 0 Å². The molecule has 0 aliphatic carbocycles. The third-order valence-corrected chi connectivity index (χ3v) is 5.51. The van der Waals surface area contributed by atoms with E-state index >= 15 is 0 Å². The Balaban J connectivity index is 1.71. The van der Waals surface area contributed by atoms with E-state index in [1.807, 2.05) is 6.20 Å². The predicted molar refractivity (Wildman–Crippen MR) is 84.4 cm³/mol. The maximum Gasteiger partial charge on any atom is 0.212 e. The fourth-order valence-electron chi connectivity index (χ4n) is 4.02. The number of hydrogen-bond acceptors (Lipinski definition) is 3. The highest BCUT2D eigenvalue weighted by molar-refractivity contribution is 6.32. The quantitative estimate of drug-likeness (QED) is 0.787. The van der Waals surface area contributed by atoms with Crippen LogP contribution in [0.2, 0.25) is 5.15 Å². The third-order valence-electron chi connectivity index (χ3n) is 5.21. The lowest BCUT2D eigenvalue weighted by molar-refractivity contribution is 0.307. The van der Waals surface area contributed by atoms with Crippen molar-refractivity contribution in [3.63, 3.8) is 0 Å². The van der Waals surface area contributed by atoms with Crippen LogP contribution in [0.1, 0.15) is 30.7 Å². The van der Waals surface area contributed by atoms with Gasteiger partial charge in [0.2, 0.25) is 5.95 Å². The van der Waals surface area contributed by atoms with Gasteiger partial charge in [0.25, 0.3) is 0 Å². The number of nitrogens with zero attached hydrogens (tertiary/aromatic N) is 3. The Kier molecular flexibility index (Phi) is 3.39. The fraction of sp³-hybridized carbons (Fsp3) is 0.412. The number of likely N-dealkylation sites (N-methyl/N-ethyl adjacent to an activating group) is 1. The van der Waals surface area contributed by atoms with Crippen molar-refractivity contribution in [2.24, 2.45) is 0 Å². The number of rotatable bonds is 2. The normalized spacial score (nSPS) is 27.5. The van der Waals surface area contributed by atoms with E-state index in [1.165, 1.54) is 37.1 Å². The maximum atomic E-state index is 13.0. The molecule has 2 fully saturated rings. The molecule has 3 atom stereocenters. The van der Waals surface area contributed by atoms with Crippen LogP contribution in [0.3, 0.4) is 0 Å². The Morgan fingerprint density at radius 3 is 2.73 bits per heavy atom. The van der Waals surface area contributed by atoms with Crippen molar-refractivity contribution in [2.75, 3.05) is 7.05 Å². The lowest BCUT2D eigenvalue weighted by atomic mass is 9.84. The molecule has 5 heteroatoms. The Hall–Kier alpha value is -1.52. The molecular weight excluding hydrogens is 301 g/mol. The number of aromatic nitrogens is 2. The van der Waals surface area contributed by atoms with Crippen LogP contribution in [0.25, 0.3) is 11.1 Å². The Morgan fingerprint density at radius 2 is 2.09 bits per heavy atom. The Morgan fingerprint density at radius 1 is 1.23 bits per heavy atom. The van der Waals surface area contributed by atoms with Gasteiger partial charge in [0.1, 0.15) is 5.15 Å². The van der Waals surface area contributed by atoms with E-state index in [0.717, 1.165) is 11.1 Å². The molecule has 0 radical (unpaired) electrons. The first-order valence-electron chi connectivity index (χ1n) is 7.63. The van der Waals surface area contributed by atoms with Crippen LogP contribution in [0.5, 0.6) is 0 Å². The van der Waals surface area contributed by atoms with Crippen LogP contribution in [-0.2, 0) is 0 Å². The molecular formula is C17H17ClFN3. The van der Waals surface area contributed by atoms with Crippen LogP contribution in [0.15, 0.2) is 30.6 Å². The first-order valence-corrected chi connectivity index (χ1v) is 8.00. The minimum absolute atomic E-state index is 0.439. The molecule has 114 valence electrons. The molecule has 2 aliphatic rings. The molecule has 0 spiro atoms. The highest BCUT2D eigenvalue weighted by Crippen LogP contribution is 2.46. The van der Waals surface area contributed by atoms with Crippen molar-refractivity contribution in [1.29, 1.82) is 0 Å². The van der Waals surface area contributed by atoms with Gasteiger partial charge in [-0.3, -0.25) is 4.90 Å². The minimum Gasteiger partial charge on any atom is -0.300 e. The van der Waals surface area contributed by atoms with Gasteiger partial charge in [-0.05, 0) is 50.1 Å². The van der Waals surface area contributed by atoms with E-state index in [1.54, 1.807) is 6.07 Å². The Bertz CT molecular complexity index is 704. The van der Waals surface area contributed by atoms with Crippen molar-refractivity contribution in [1.82, 2.24) is 14.9 Å². The first-order chi connectivity index (χ1) is 10.6. The smallest absolute Gasteiger partial charge is 0.212 e. The topological polar surface area (TPSA) is 29.0 Å². The van der Waals surface area contributed by atoms with Crippen LogP contribution in [-0.4, -0.2) is 34.0 Å². The number of hydrogen-bond donors (Lipinski definition) is 0. The summed E-state index contributed by atoms with van der Waals surface area (Å²) < 4.78 is 13.0. The summed E-state index contributed by atoms with van der Waals surface area (Å²) in [5, 5.41) is 0.439. The van der Waals surface area contributed by atoms with Gasteiger partial charge in [-0.2, -0.15) is 4.39 Å². The summed E-state index contributed by atoms with van der Waals surface area (Å²) in [6, 6.07) is 6.45. The van der Waals surface area contributed by atoms with Crippen LogP contribution in [0.4, 0.5) is 4.39 Å². The van der Waals surface area contributed by atoms with E-state index in [2.05, 4.69) is 28.0 Å². The van der Waals surface area contributed by atoms with Gasteiger partial charge in [0.15, 0.2) is 0 Å². The standard InChI is InChI=1S/C17H17ClFN3/c1-22-12-3-4-15(22)13(7-12)11-6-14(17(18)21-9-11)10-2-5-16(19)20-8-10/h2,5-6,8-9,12-13,15H,3-4,7H2,1H3/t12-,13-,15-/m1/s1. The lowest BCUT2D eigenvalue weighted by Crippen LogP contribution is -2.25. The molecule has 4 heterocycles. The lowest BCUT2D eigenvalue weighted by Gasteiger charge is -2.22. The first kappa shape index (κ1) is 14.1. The van der Waals surface area contributed by atoms with Crippen molar-refractivity contribution < 1.29 is 4.39 Å². The van der Waals surface area contributed by atoms with E-state index in [4.69, 9.17) is 11.6 Å².